The van der Waals surface area contributed by atoms with Gasteiger partial charge < -0.3 is 14.8 Å². The number of ether oxygens (including phenoxy) is 2. The van der Waals surface area contributed by atoms with E-state index in [1.165, 1.54) is 11.4 Å². The van der Waals surface area contributed by atoms with E-state index in [1.54, 1.807) is 55.6 Å². The number of hydrogen-bond donors (Lipinski definition) is 1. The van der Waals surface area contributed by atoms with E-state index < -0.39 is 10.0 Å². The van der Waals surface area contributed by atoms with E-state index in [0.717, 1.165) is 11.1 Å². The number of anilines is 1. The first kappa shape index (κ1) is 25.3. The lowest BCUT2D eigenvalue weighted by Gasteiger charge is -2.20. The summed E-state index contributed by atoms with van der Waals surface area (Å²) in [5.41, 5.74) is 3.48. The van der Waals surface area contributed by atoms with Crippen molar-refractivity contribution in [3.63, 3.8) is 0 Å². The Hall–Kier alpha value is -3.36. The third-order valence-corrected chi connectivity index (χ3v) is 7.17. The van der Waals surface area contributed by atoms with Gasteiger partial charge in [0.05, 0.1) is 24.3 Å². The molecular formula is C26H30N2O5S. The molecule has 3 aromatic rings. The molecule has 0 bridgehead atoms. The van der Waals surface area contributed by atoms with Crippen molar-refractivity contribution < 1.29 is 22.7 Å². The third-order valence-electron chi connectivity index (χ3n) is 5.35. The fourth-order valence-corrected chi connectivity index (χ4v) is 4.62. The smallest absolute Gasteiger partial charge is 0.255 e. The first-order valence-corrected chi connectivity index (χ1v) is 12.3. The number of methoxy groups -OCH3 is 1. The van der Waals surface area contributed by atoms with Gasteiger partial charge in [-0.15, -0.1) is 0 Å². The number of sulfonamides is 1. The van der Waals surface area contributed by atoms with Gasteiger partial charge in [-0.3, -0.25) is 4.79 Å². The Kier molecular flexibility index (Phi) is 7.96. The number of rotatable bonds is 9. The van der Waals surface area contributed by atoms with Crippen molar-refractivity contribution in [2.45, 2.75) is 32.2 Å². The number of benzene rings is 3. The highest BCUT2D eigenvalue weighted by Crippen LogP contribution is 2.28. The molecule has 0 atom stereocenters. The Morgan fingerprint density at radius 2 is 1.59 bits per heavy atom. The highest BCUT2D eigenvalue weighted by molar-refractivity contribution is 7.89. The lowest BCUT2D eigenvalue weighted by atomic mass is 10.1. The molecule has 0 saturated heterocycles. The summed E-state index contributed by atoms with van der Waals surface area (Å²) < 4.78 is 38.4. The van der Waals surface area contributed by atoms with Gasteiger partial charge in [-0.25, -0.2) is 8.42 Å². The van der Waals surface area contributed by atoms with Crippen molar-refractivity contribution in [1.29, 1.82) is 0 Å². The molecule has 34 heavy (non-hydrogen) atoms. The summed E-state index contributed by atoms with van der Waals surface area (Å²) in [6.07, 6.45) is 0. The second-order valence-electron chi connectivity index (χ2n) is 7.99. The van der Waals surface area contributed by atoms with E-state index in [0.29, 0.717) is 34.9 Å². The lowest BCUT2D eigenvalue weighted by molar-refractivity contribution is 0.102. The standard InChI is InChI=1S/C26H30N2O5S/c1-6-33-24-14-10-20(26(29)27-23-15-19(3)9-13-25(23)32-5)16-21(24)17-28(4)34(30,31)22-11-7-18(2)8-12-22/h7-16H,6,17H2,1-5H3,(H,27,29). The van der Waals surface area contributed by atoms with Crippen molar-refractivity contribution in [1.82, 2.24) is 4.31 Å². The summed E-state index contributed by atoms with van der Waals surface area (Å²) >= 11 is 0. The predicted molar refractivity (Wildman–Crippen MR) is 133 cm³/mol. The average Bonchev–Trinajstić information content (AvgIpc) is 2.80. The van der Waals surface area contributed by atoms with Crippen molar-refractivity contribution >= 4 is 21.6 Å². The van der Waals surface area contributed by atoms with Crippen LogP contribution >= 0.6 is 0 Å². The van der Waals surface area contributed by atoms with Crippen molar-refractivity contribution in [2.24, 2.45) is 0 Å². The highest BCUT2D eigenvalue weighted by Gasteiger charge is 2.23. The van der Waals surface area contributed by atoms with Crippen molar-refractivity contribution in [2.75, 3.05) is 26.1 Å². The molecule has 8 heteroatoms. The second kappa shape index (κ2) is 10.7. The molecule has 1 amide bonds. The quantitative estimate of drug-likeness (QED) is 0.474. The Labute approximate surface area is 201 Å². The van der Waals surface area contributed by atoms with E-state index in [1.807, 2.05) is 32.9 Å². The summed E-state index contributed by atoms with van der Waals surface area (Å²) in [7, 11) is -0.670. The van der Waals surface area contributed by atoms with Crippen LogP contribution in [0.5, 0.6) is 11.5 Å². The lowest BCUT2D eigenvalue weighted by Crippen LogP contribution is -2.27. The molecule has 0 heterocycles. The second-order valence-corrected chi connectivity index (χ2v) is 10.0. The van der Waals surface area contributed by atoms with Crippen LogP contribution < -0.4 is 14.8 Å². The predicted octanol–water partition coefficient (Wildman–Crippen LogP) is 4.78. The molecule has 0 aliphatic rings. The molecule has 0 spiro atoms. The summed E-state index contributed by atoms with van der Waals surface area (Å²) in [4.78, 5) is 13.2. The zero-order valence-corrected chi connectivity index (χ0v) is 20.9. The Morgan fingerprint density at radius 3 is 2.24 bits per heavy atom. The average molecular weight is 483 g/mol. The van der Waals surface area contributed by atoms with Crippen LogP contribution in [0.15, 0.2) is 65.6 Å². The molecule has 3 aromatic carbocycles. The number of aryl methyl sites for hydroxylation is 2. The fraction of sp³-hybridized carbons (Fsp3) is 0.269. The van der Waals surface area contributed by atoms with Gasteiger partial charge in [0.25, 0.3) is 5.91 Å². The monoisotopic (exact) mass is 482 g/mol. The van der Waals surface area contributed by atoms with Crippen molar-refractivity contribution in [3.05, 3.63) is 82.9 Å². The van der Waals surface area contributed by atoms with Crippen LogP contribution in [0.2, 0.25) is 0 Å². The molecule has 0 fully saturated rings. The number of nitrogens with one attached hydrogen (secondary N) is 1. The maximum absolute atomic E-state index is 13.1. The number of carbonyl (C=O) groups is 1. The molecule has 180 valence electrons. The minimum atomic E-state index is -3.72. The molecule has 3 rings (SSSR count). The topological polar surface area (TPSA) is 84.9 Å². The first-order chi connectivity index (χ1) is 16.1. The molecule has 0 saturated carbocycles. The summed E-state index contributed by atoms with van der Waals surface area (Å²) in [6.45, 7) is 6.13. The van der Waals surface area contributed by atoms with Gasteiger partial charge in [0.1, 0.15) is 11.5 Å². The van der Waals surface area contributed by atoms with Crippen LogP contribution in [0, 0.1) is 13.8 Å². The van der Waals surface area contributed by atoms with E-state index in [2.05, 4.69) is 5.32 Å². The molecule has 0 aliphatic carbocycles. The van der Waals surface area contributed by atoms with Gasteiger partial charge in [0.2, 0.25) is 10.0 Å². The minimum absolute atomic E-state index is 0.0421. The Morgan fingerprint density at radius 1 is 0.941 bits per heavy atom. The van der Waals surface area contributed by atoms with Crippen LogP contribution in [0.1, 0.15) is 34.0 Å². The molecular weight excluding hydrogens is 452 g/mol. The van der Waals surface area contributed by atoms with E-state index in [9.17, 15) is 13.2 Å². The van der Waals surface area contributed by atoms with Crippen molar-refractivity contribution in [3.8, 4) is 11.5 Å². The molecule has 0 radical (unpaired) electrons. The summed E-state index contributed by atoms with van der Waals surface area (Å²) in [6, 6.07) is 17.2. The van der Waals surface area contributed by atoms with Gasteiger partial charge in [0.15, 0.2) is 0 Å². The highest BCUT2D eigenvalue weighted by atomic mass is 32.2. The number of nitrogens with zero attached hydrogens (tertiary/aromatic N) is 1. The number of carbonyl (C=O) groups excluding carboxylic acids is 1. The van der Waals surface area contributed by atoms with Gasteiger partial charge in [-0.1, -0.05) is 23.8 Å². The van der Waals surface area contributed by atoms with E-state index in [4.69, 9.17) is 9.47 Å². The van der Waals surface area contributed by atoms with Crippen LogP contribution in [0.4, 0.5) is 5.69 Å². The van der Waals surface area contributed by atoms with E-state index >= 15 is 0 Å². The van der Waals surface area contributed by atoms with Crippen LogP contribution in [0.3, 0.4) is 0 Å². The zero-order valence-electron chi connectivity index (χ0n) is 20.1. The van der Waals surface area contributed by atoms with Gasteiger partial charge in [-0.2, -0.15) is 4.31 Å². The Bertz CT molecular complexity index is 1270. The molecule has 0 aromatic heterocycles. The summed E-state index contributed by atoms with van der Waals surface area (Å²) in [5.74, 6) is 0.740. The largest absolute Gasteiger partial charge is 0.495 e. The number of amides is 1. The van der Waals surface area contributed by atoms with Gasteiger partial charge >= 0.3 is 0 Å². The molecule has 0 aliphatic heterocycles. The molecule has 7 nitrogen and oxygen atoms in total. The van der Waals surface area contributed by atoms with Crippen LogP contribution in [-0.2, 0) is 16.6 Å². The SMILES string of the molecule is CCOc1ccc(C(=O)Nc2cc(C)ccc2OC)cc1CN(C)S(=O)(=O)c1ccc(C)cc1. The third kappa shape index (κ3) is 5.76. The minimum Gasteiger partial charge on any atom is -0.495 e. The van der Waals surface area contributed by atoms with Crippen LogP contribution in [0.25, 0.3) is 0 Å². The Balaban J connectivity index is 1.89. The molecule has 0 unspecified atom stereocenters. The van der Waals surface area contributed by atoms with Gasteiger partial charge in [-0.05, 0) is 68.8 Å². The van der Waals surface area contributed by atoms with E-state index in [-0.39, 0.29) is 17.3 Å². The molecule has 1 N–H and O–H groups in total. The number of hydrogen-bond acceptors (Lipinski definition) is 5. The van der Waals surface area contributed by atoms with Gasteiger partial charge in [0, 0.05) is 24.7 Å². The zero-order chi connectivity index (χ0) is 24.9. The fourth-order valence-electron chi connectivity index (χ4n) is 3.47. The normalized spacial score (nSPS) is 11.4. The maximum atomic E-state index is 13.1. The van der Waals surface area contributed by atoms with Crippen LogP contribution in [-0.4, -0.2) is 39.4 Å². The first-order valence-electron chi connectivity index (χ1n) is 10.9. The summed E-state index contributed by atoms with van der Waals surface area (Å²) in [5, 5.41) is 2.88. The maximum Gasteiger partial charge on any atom is 0.255 e.